The van der Waals surface area contributed by atoms with Crippen LogP contribution in [0.15, 0.2) is 18.2 Å². The Morgan fingerprint density at radius 2 is 1.79 bits per heavy atom. The van der Waals surface area contributed by atoms with Crippen molar-refractivity contribution in [1.82, 2.24) is 0 Å². The quantitative estimate of drug-likeness (QED) is 0.752. The second-order valence-electron chi connectivity index (χ2n) is 2.59. The van der Waals surface area contributed by atoms with Gasteiger partial charge in [0.25, 0.3) is 0 Å². The van der Waals surface area contributed by atoms with E-state index >= 15 is 0 Å². The highest BCUT2D eigenvalue weighted by molar-refractivity contribution is 6.02. The van der Waals surface area contributed by atoms with Gasteiger partial charge in [-0.05, 0) is 11.6 Å². The molecule has 1 radical (unpaired) electrons. The zero-order valence-electron chi connectivity index (χ0n) is 7.06. The van der Waals surface area contributed by atoms with Gasteiger partial charge in [0.1, 0.15) is 6.61 Å². The molecule has 2 N–H and O–H groups in total. The molecule has 1 aromatic carbocycles. The molecule has 1 aromatic rings. The van der Waals surface area contributed by atoms with Gasteiger partial charge < -0.3 is 10.2 Å². The largest absolute Gasteiger partial charge is 0.478 e. The maximum Gasteiger partial charge on any atom is 0.336 e. The zero-order valence-corrected chi connectivity index (χ0v) is 7.06. The molecule has 5 heteroatoms. The summed E-state index contributed by atoms with van der Waals surface area (Å²) in [4.78, 5) is 21.3. The van der Waals surface area contributed by atoms with Crippen molar-refractivity contribution in [3.63, 3.8) is 0 Å². The van der Waals surface area contributed by atoms with E-state index in [0.717, 1.165) is 6.07 Å². The SMILES string of the molecule is [O]Cc1cccc(C(=O)O)c1C(=O)O. The summed E-state index contributed by atoms with van der Waals surface area (Å²) >= 11 is 0. The average Bonchev–Trinajstić information content (AvgIpc) is 2.16. The van der Waals surface area contributed by atoms with Crippen molar-refractivity contribution >= 4 is 11.9 Å². The van der Waals surface area contributed by atoms with Gasteiger partial charge in [-0.15, -0.1) is 0 Å². The molecule has 0 aromatic heterocycles. The van der Waals surface area contributed by atoms with Crippen LogP contribution in [0.3, 0.4) is 0 Å². The fourth-order valence-corrected chi connectivity index (χ4v) is 1.15. The van der Waals surface area contributed by atoms with E-state index in [2.05, 4.69) is 0 Å². The second kappa shape index (κ2) is 3.89. The van der Waals surface area contributed by atoms with Crippen LogP contribution in [0, 0.1) is 0 Å². The predicted octanol–water partition coefficient (Wildman–Crippen LogP) is 1.01. The average molecular weight is 195 g/mol. The van der Waals surface area contributed by atoms with E-state index < -0.39 is 24.1 Å². The molecule has 14 heavy (non-hydrogen) atoms. The molecule has 0 heterocycles. The summed E-state index contributed by atoms with van der Waals surface area (Å²) in [7, 11) is 0. The smallest absolute Gasteiger partial charge is 0.336 e. The fourth-order valence-electron chi connectivity index (χ4n) is 1.15. The van der Waals surface area contributed by atoms with Crippen molar-refractivity contribution in [3.05, 3.63) is 34.9 Å². The highest BCUT2D eigenvalue weighted by Gasteiger charge is 2.19. The van der Waals surface area contributed by atoms with Gasteiger partial charge in [0.05, 0.1) is 11.1 Å². The van der Waals surface area contributed by atoms with Crippen LogP contribution in [0.1, 0.15) is 26.3 Å². The van der Waals surface area contributed by atoms with Crippen LogP contribution in [0.25, 0.3) is 0 Å². The number of rotatable bonds is 3. The highest BCUT2D eigenvalue weighted by Crippen LogP contribution is 2.15. The van der Waals surface area contributed by atoms with Gasteiger partial charge in [0.2, 0.25) is 0 Å². The molecule has 0 atom stereocenters. The third kappa shape index (κ3) is 1.72. The molecule has 0 fully saturated rings. The number of carboxylic acid groups (broad SMARTS) is 2. The van der Waals surface area contributed by atoms with Gasteiger partial charge >= 0.3 is 11.9 Å². The molecule has 0 amide bonds. The number of carbonyl (C=O) groups is 2. The lowest BCUT2D eigenvalue weighted by Gasteiger charge is -2.04. The molecule has 0 aliphatic carbocycles. The minimum absolute atomic E-state index is 0.0163. The Hall–Kier alpha value is -1.88. The number of carboxylic acids is 2. The van der Waals surface area contributed by atoms with E-state index in [1.165, 1.54) is 12.1 Å². The first-order chi connectivity index (χ1) is 6.57. The van der Waals surface area contributed by atoms with Crippen LogP contribution in [0.5, 0.6) is 0 Å². The maximum absolute atomic E-state index is 10.7. The van der Waals surface area contributed by atoms with E-state index in [-0.39, 0.29) is 11.1 Å². The second-order valence-corrected chi connectivity index (χ2v) is 2.59. The van der Waals surface area contributed by atoms with Crippen LogP contribution in [-0.2, 0) is 11.7 Å². The fraction of sp³-hybridized carbons (Fsp3) is 0.111. The molecule has 5 nitrogen and oxygen atoms in total. The van der Waals surface area contributed by atoms with E-state index in [4.69, 9.17) is 10.2 Å². The summed E-state index contributed by atoms with van der Waals surface area (Å²) in [5, 5.41) is 28.0. The van der Waals surface area contributed by atoms with E-state index in [9.17, 15) is 14.7 Å². The molecule has 0 saturated heterocycles. The summed E-state index contributed by atoms with van der Waals surface area (Å²) in [5.74, 6) is -2.74. The third-order valence-corrected chi connectivity index (χ3v) is 1.75. The van der Waals surface area contributed by atoms with Gasteiger partial charge in [0.15, 0.2) is 0 Å². The maximum atomic E-state index is 10.7. The normalized spacial score (nSPS) is 9.79. The third-order valence-electron chi connectivity index (χ3n) is 1.75. The molecule has 0 saturated carbocycles. The molecule has 0 bridgehead atoms. The number of hydrogen-bond acceptors (Lipinski definition) is 2. The summed E-state index contributed by atoms with van der Waals surface area (Å²) in [5.41, 5.74) is -0.793. The molecular formula is C9H7O5. The van der Waals surface area contributed by atoms with Crippen molar-refractivity contribution in [2.45, 2.75) is 6.61 Å². The first-order valence-electron chi connectivity index (χ1n) is 3.74. The number of aromatic carboxylic acids is 2. The van der Waals surface area contributed by atoms with Crippen molar-refractivity contribution in [2.24, 2.45) is 0 Å². The van der Waals surface area contributed by atoms with Crippen molar-refractivity contribution in [3.8, 4) is 0 Å². The summed E-state index contributed by atoms with van der Waals surface area (Å²) in [6.45, 7) is -0.747. The Labute approximate surface area is 79.2 Å². The molecule has 0 unspecified atom stereocenters. The summed E-state index contributed by atoms with van der Waals surface area (Å²) in [6, 6.07) is 3.82. The number of hydrogen-bond donors (Lipinski definition) is 2. The lowest BCUT2D eigenvalue weighted by Crippen LogP contribution is -2.11. The Kier molecular flexibility index (Phi) is 2.83. The molecule has 73 valence electrons. The Bertz CT molecular complexity index is 383. The molecule has 0 spiro atoms. The highest BCUT2D eigenvalue weighted by atomic mass is 16.4. The summed E-state index contributed by atoms with van der Waals surface area (Å²) < 4.78 is 0. The van der Waals surface area contributed by atoms with E-state index in [1.807, 2.05) is 0 Å². The van der Waals surface area contributed by atoms with E-state index in [1.54, 1.807) is 0 Å². The van der Waals surface area contributed by atoms with Gasteiger partial charge in [-0.25, -0.2) is 14.7 Å². The Morgan fingerprint density at radius 1 is 1.14 bits per heavy atom. The molecule has 0 aliphatic heterocycles. The first kappa shape index (κ1) is 10.2. The Balaban J connectivity index is 3.43. The van der Waals surface area contributed by atoms with Gasteiger partial charge in [-0.2, -0.15) is 0 Å². The van der Waals surface area contributed by atoms with Crippen molar-refractivity contribution < 1.29 is 24.9 Å². The predicted molar refractivity (Wildman–Crippen MR) is 44.8 cm³/mol. The zero-order chi connectivity index (χ0) is 10.7. The molecule has 0 aliphatic rings. The first-order valence-corrected chi connectivity index (χ1v) is 3.74. The van der Waals surface area contributed by atoms with Gasteiger partial charge in [-0.1, -0.05) is 12.1 Å². The standard InChI is InChI=1S/C9H7O5/c10-4-5-2-1-3-6(8(11)12)7(5)9(13)14/h1-3H,4H2,(H,11,12)(H,13,14). The minimum atomic E-state index is -1.39. The lowest BCUT2D eigenvalue weighted by molar-refractivity contribution is 0.0647. The lowest BCUT2D eigenvalue weighted by atomic mass is 10.0. The van der Waals surface area contributed by atoms with E-state index in [0.29, 0.717) is 0 Å². The van der Waals surface area contributed by atoms with Crippen LogP contribution < -0.4 is 0 Å². The van der Waals surface area contributed by atoms with Crippen molar-refractivity contribution in [1.29, 1.82) is 0 Å². The topological polar surface area (TPSA) is 94.5 Å². The minimum Gasteiger partial charge on any atom is -0.478 e. The van der Waals surface area contributed by atoms with Gasteiger partial charge in [-0.3, -0.25) is 0 Å². The molecular weight excluding hydrogens is 188 g/mol. The monoisotopic (exact) mass is 195 g/mol. The van der Waals surface area contributed by atoms with Gasteiger partial charge in [0, 0.05) is 0 Å². The van der Waals surface area contributed by atoms with Crippen LogP contribution in [0.4, 0.5) is 0 Å². The van der Waals surface area contributed by atoms with Crippen LogP contribution >= 0.6 is 0 Å². The van der Waals surface area contributed by atoms with Crippen molar-refractivity contribution in [2.75, 3.05) is 0 Å². The summed E-state index contributed by atoms with van der Waals surface area (Å²) in [6.07, 6.45) is 0. The Morgan fingerprint density at radius 3 is 2.21 bits per heavy atom. The number of benzene rings is 1. The van der Waals surface area contributed by atoms with Crippen LogP contribution in [-0.4, -0.2) is 22.2 Å². The van der Waals surface area contributed by atoms with Crippen LogP contribution in [0.2, 0.25) is 0 Å². The molecule has 1 rings (SSSR count).